The van der Waals surface area contributed by atoms with Crippen molar-refractivity contribution >= 4 is 11.0 Å². The van der Waals surface area contributed by atoms with Crippen molar-refractivity contribution in [2.75, 3.05) is 0 Å². The molecule has 2 heteroatoms. The summed E-state index contributed by atoms with van der Waals surface area (Å²) in [6, 6.07) is 16.5. The van der Waals surface area contributed by atoms with Gasteiger partial charge in [0.25, 0.3) is 0 Å². The molecule has 0 fully saturated rings. The number of aromatic nitrogens is 2. The highest BCUT2D eigenvalue weighted by Gasteiger charge is 2.13. The van der Waals surface area contributed by atoms with Crippen LogP contribution < -0.4 is 0 Å². The number of para-hydroxylation sites is 2. The molecule has 35 heavy (non-hydrogen) atoms. The molecule has 2 aromatic carbocycles. The monoisotopic (exact) mass is 476 g/mol. The molecular formula is C33H52N2. The standard InChI is InChI=1S/C9H8N2.C9H12.C9H20.C6H12/c1-7-6-10-8-4-2-3-5-9(8)11-7;1-3-9-6-4-8(2)5-7-9;1-5-7-9(3,4)8-6-2;1-4-6(3)5-2/h2-6H,1H3;4-7H,3H2,1-2H3;5-8H2,1-4H3;4H,5H2,1-3H3/b;;;6-4-. The fourth-order valence-corrected chi connectivity index (χ4v) is 3.56. The van der Waals surface area contributed by atoms with Gasteiger partial charge < -0.3 is 0 Å². The summed E-state index contributed by atoms with van der Waals surface area (Å²) < 4.78 is 0. The van der Waals surface area contributed by atoms with Crippen molar-refractivity contribution in [2.24, 2.45) is 5.41 Å². The quantitative estimate of drug-likeness (QED) is 0.331. The minimum absolute atomic E-state index is 0.601. The summed E-state index contributed by atoms with van der Waals surface area (Å²) in [5, 5.41) is 0. The lowest BCUT2D eigenvalue weighted by atomic mass is 9.84. The number of fused-ring (bicyclic) bond motifs is 1. The molecule has 0 amide bonds. The number of benzene rings is 2. The second-order valence-corrected chi connectivity index (χ2v) is 9.99. The van der Waals surface area contributed by atoms with E-state index in [-0.39, 0.29) is 0 Å². The molecule has 0 N–H and O–H groups in total. The van der Waals surface area contributed by atoms with Crippen LogP contribution in [0.15, 0.2) is 66.4 Å². The Morgan fingerprint density at radius 2 is 1.37 bits per heavy atom. The Hall–Kier alpha value is -2.48. The van der Waals surface area contributed by atoms with Gasteiger partial charge in [-0.2, -0.15) is 0 Å². The molecule has 0 radical (unpaired) electrons. The average molecular weight is 477 g/mol. The maximum absolute atomic E-state index is 4.31. The topological polar surface area (TPSA) is 25.8 Å². The van der Waals surface area contributed by atoms with Crippen LogP contribution in [-0.2, 0) is 6.42 Å². The predicted octanol–water partition coefficient (Wildman–Crippen LogP) is 10.5. The van der Waals surface area contributed by atoms with Crippen LogP contribution in [0.3, 0.4) is 0 Å². The zero-order valence-corrected chi connectivity index (χ0v) is 24.4. The Bertz CT molecular complexity index is 944. The van der Waals surface area contributed by atoms with E-state index in [2.05, 4.69) is 103 Å². The smallest absolute Gasteiger partial charge is 0.0889 e. The van der Waals surface area contributed by atoms with Gasteiger partial charge in [-0.05, 0) is 76.5 Å². The molecule has 0 aliphatic rings. The number of hydrogen-bond acceptors (Lipinski definition) is 2. The Kier molecular flexibility index (Phi) is 17.5. The van der Waals surface area contributed by atoms with Crippen molar-refractivity contribution in [3.05, 3.63) is 83.2 Å². The summed E-state index contributed by atoms with van der Waals surface area (Å²) in [5.41, 5.74) is 7.71. The van der Waals surface area contributed by atoms with Gasteiger partial charge in [0.05, 0.1) is 16.7 Å². The third-order valence-corrected chi connectivity index (χ3v) is 6.00. The van der Waals surface area contributed by atoms with Crippen LogP contribution in [0.5, 0.6) is 0 Å². The van der Waals surface area contributed by atoms with E-state index in [0.29, 0.717) is 5.41 Å². The van der Waals surface area contributed by atoms with Gasteiger partial charge in [0, 0.05) is 6.20 Å². The molecule has 0 aliphatic heterocycles. The molecule has 1 heterocycles. The summed E-state index contributed by atoms with van der Waals surface area (Å²) in [6.07, 6.45) is 11.7. The van der Waals surface area contributed by atoms with Gasteiger partial charge in [-0.1, -0.05) is 108 Å². The second kappa shape index (κ2) is 18.8. The first-order valence-corrected chi connectivity index (χ1v) is 13.5. The average Bonchev–Trinajstić information content (AvgIpc) is 2.85. The molecular weight excluding hydrogens is 424 g/mol. The highest BCUT2D eigenvalue weighted by atomic mass is 14.8. The molecule has 3 aromatic rings. The molecule has 0 saturated carbocycles. The lowest BCUT2D eigenvalue weighted by Crippen LogP contribution is -2.09. The van der Waals surface area contributed by atoms with Gasteiger partial charge in [-0.3, -0.25) is 4.98 Å². The van der Waals surface area contributed by atoms with E-state index in [0.717, 1.165) is 23.1 Å². The van der Waals surface area contributed by atoms with E-state index in [1.54, 1.807) is 6.20 Å². The van der Waals surface area contributed by atoms with Gasteiger partial charge in [-0.25, -0.2) is 4.98 Å². The zero-order chi connectivity index (χ0) is 26.7. The van der Waals surface area contributed by atoms with E-state index >= 15 is 0 Å². The van der Waals surface area contributed by atoms with E-state index in [9.17, 15) is 0 Å². The van der Waals surface area contributed by atoms with E-state index in [1.165, 1.54) is 48.8 Å². The van der Waals surface area contributed by atoms with E-state index in [4.69, 9.17) is 0 Å². The zero-order valence-electron chi connectivity index (χ0n) is 24.4. The number of allylic oxidation sites excluding steroid dienone is 2. The largest absolute Gasteiger partial charge is 0.253 e. The molecule has 0 spiro atoms. The molecule has 0 saturated heterocycles. The summed E-state index contributed by atoms with van der Waals surface area (Å²) in [6.45, 7) is 21.8. The number of aryl methyl sites for hydroxylation is 3. The molecule has 0 atom stereocenters. The van der Waals surface area contributed by atoms with Crippen LogP contribution in [0.2, 0.25) is 0 Å². The minimum atomic E-state index is 0.601. The summed E-state index contributed by atoms with van der Waals surface area (Å²) >= 11 is 0. The van der Waals surface area contributed by atoms with Gasteiger partial charge in [0.1, 0.15) is 0 Å². The SMILES string of the molecule is C/C=C(/C)CC.CCCC(C)(C)CCC.CCc1ccc(C)cc1.Cc1cnc2ccccc2n1. The van der Waals surface area contributed by atoms with Crippen LogP contribution in [0.25, 0.3) is 11.0 Å². The van der Waals surface area contributed by atoms with Crippen LogP contribution in [0.4, 0.5) is 0 Å². The van der Waals surface area contributed by atoms with Crippen LogP contribution in [0.1, 0.15) is 104 Å². The van der Waals surface area contributed by atoms with Crippen molar-refractivity contribution in [3.8, 4) is 0 Å². The molecule has 3 rings (SSSR count). The van der Waals surface area contributed by atoms with Crippen molar-refractivity contribution in [3.63, 3.8) is 0 Å². The fourth-order valence-electron chi connectivity index (χ4n) is 3.56. The lowest BCUT2D eigenvalue weighted by Gasteiger charge is -2.22. The van der Waals surface area contributed by atoms with Crippen molar-refractivity contribution < 1.29 is 0 Å². The molecule has 1 aromatic heterocycles. The Morgan fingerprint density at radius 3 is 1.80 bits per heavy atom. The van der Waals surface area contributed by atoms with Crippen LogP contribution in [0, 0.1) is 19.3 Å². The Morgan fingerprint density at radius 1 is 0.829 bits per heavy atom. The van der Waals surface area contributed by atoms with Crippen molar-refractivity contribution in [1.82, 2.24) is 9.97 Å². The highest BCUT2D eigenvalue weighted by molar-refractivity contribution is 5.73. The van der Waals surface area contributed by atoms with Gasteiger partial charge >= 0.3 is 0 Å². The summed E-state index contributed by atoms with van der Waals surface area (Å²) in [4.78, 5) is 8.53. The molecule has 2 nitrogen and oxygen atoms in total. The molecule has 0 unspecified atom stereocenters. The van der Waals surface area contributed by atoms with E-state index < -0.39 is 0 Å². The third-order valence-electron chi connectivity index (χ3n) is 6.00. The van der Waals surface area contributed by atoms with Crippen LogP contribution in [-0.4, -0.2) is 9.97 Å². The lowest BCUT2D eigenvalue weighted by molar-refractivity contribution is 0.301. The molecule has 194 valence electrons. The first kappa shape index (κ1) is 32.5. The Balaban J connectivity index is 0.000000451. The summed E-state index contributed by atoms with van der Waals surface area (Å²) in [7, 11) is 0. The normalized spacial score (nSPS) is 10.9. The van der Waals surface area contributed by atoms with Gasteiger partial charge in [-0.15, -0.1) is 0 Å². The number of hydrogen-bond donors (Lipinski definition) is 0. The number of rotatable bonds is 6. The van der Waals surface area contributed by atoms with Gasteiger partial charge in [0.2, 0.25) is 0 Å². The van der Waals surface area contributed by atoms with E-state index in [1.807, 2.05) is 31.2 Å². The molecule has 0 bridgehead atoms. The fraction of sp³-hybridized carbons (Fsp3) is 0.515. The maximum atomic E-state index is 4.31. The predicted molar refractivity (Wildman–Crippen MR) is 158 cm³/mol. The maximum Gasteiger partial charge on any atom is 0.0889 e. The van der Waals surface area contributed by atoms with Gasteiger partial charge in [0.15, 0.2) is 0 Å². The van der Waals surface area contributed by atoms with Crippen LogP contribution >= 0.6 is 0 Å². The van der Waals surface area contributed by atoms with Crippen molar-refractivity contribution in [2.45, 2.75) is 108 Å². The number of nitrogens with zero attached hydrogens (tertiary/aromatic N) is 2. The minimum Gasteiger partial charge on any atom is -0.253 e. The Labute approximate surface area is 217 Å². The van der Waals surface area contributed by atoms with Crippen molar-refractivity contribution in [1.29, 1.82) is 0 Å². The first-order valence-electron chi connectivity index (χ1n) is 13.5. The highest BCUT2D eigenvalue weighted by Crippen LogP contribution is 2.27. The second-order valence-electron chi connectivity index (χ2n) is 9.99. The molecule has 0 aliphatic carbocycles. The summed E-state index contributed by atoms with van der Waals surface area (Å²) in [5.74, 6) is 0. The third kappa shape index (κ3) is 15.9. The first-order chi connectivity index (χ1) is 16.6.